The number of rotatable bonds is 4. The number of hydrogen-bond donors (Lipinski definition) is 1. The van der Waals surface area contributed by atoms with Gasteiger partial charge in [-0.2, -0.15) is 0 Å². The van der Waals surface area contributed by atoms with E-state index in [0.29, 0.717) is 6.54 Å². The van der Waals surface area contributed by atoms with Gasteiger partial charge in [-0.1, -0.05) is 19.1 Å². The van der Waals surface area contributed by atoms with Crippen molar-refractivity contribution in [2.75, 3.05) is 7.11 Å². The molecule has 0 saturated carbocycles. The van der Waals surface area contributed by atoms with Crippen LogP contribution in [0.3, 0.4) is 0 Å². The van der Waals surface area contributed by atoms with Crippen molar-refractivity contribution in [1.29, 1.82) is 0 Å². The third-order valence-electron chi connectivity index (χ3n) is 5.12. The smallest absolute Gasteiger partial charge is 0.258 e. The van der Waals surface area contributed by atoms with E-state index in [4.69, 9.17) is 4.74 Å². The number of carbonyl (C=O) groups is 1. The van der Waals surface area contributed by atoms with E-state index in [0.717, 1.165) is 27.9 Å². The zero-order valence-corrected chi connectivity index (χ0v) is 16.8. The average molecular weight is 386 g/mol. The van der Waals surface area contributed by atoms with Crippen LogP contribution >= 0.6 is 23.1 Å². The molecule has 1 unspecified atom stereocenters. The first-order valence-electron chi connectivity index (χ1n) is 9.03. The van der Waals surface area contributed by atoms with Crippen molar-refractivity contribution in [2.45, 2.75) is 38.5 Å². The lowest BCUT2D eigenvalue weighted by atomic mass is 9.88. The summed E-state index contributed by atoms with van der Waals surface area (Å²) in [6.45, 7) is 2.87. The molecule has 0 bridgehead atoms. The summed E-state index contributed by atoms with van der Waals surface area (Å²) < 4.78 is 5.17. The highest BCUT2D eigenvalue weighted by atomic mass is 32.2. The Morgan fingerprint density at radius 1 is 1.27 bits per heavy atom. The normalized spacial score (nSPS) is 18.5. The fourth-order valence-electron chi connectivity index (χ4n) is 3.57. The molecule has 0 spiro atoms. The molecule has 3 nitrogen and oxygen atoms in total. The van der Waals surface area contributed by atoms with E-state index >= 15 is 0 Å². The third-order valence-corrected chi connectivity index (χ3v) is 7.41. The van der Waals surface area contributed by atoms with Crippen molar-refractivity contribution in [1.82, 2.24) is 5.32 Å². The van der Waals surface area contributed by atoms with E-state index in [-0.39, 0.29) is 5.91 Å². The average Bonchev–Trinajstić information content (AvgIpc) is 3.02. The summed E-state index contributed by atoms with van der Waals surface area (Å²) in [5, 5.41) is 3.04. The maximum absolute atomic E-state index is 12.6. The summed E-state index contributed by atoms with van der Waals surface area (Å²) in [5.74, 6) is 2.56. The molecule has 2 aromatic rings. The number of benzene rings is 1. The third kappa shape index (κ3) is 3.55. The van der Waals surface area contributed by atoms with E-state index in [9.17, 15) is 4.79 Å². The molecule has 4 rings (SSSR count). The number of fused-ring (bicyclic) bond motifs is 3. The first-order chi connectivity index (χ1) is 12.6. The van der Waals surface area contributed by atoms with E-state index in [2.05, 4.69) is 18.3 Å². The molecule has 1 amide bonds. The number of ether oxygens (including phenoxy) is 1. The van der Waals surface area contributed by atoms with Crippen LogP contribution in [0.2, 0.25) is 0 Å². The molecule has 1 aliphatic carbocycles. The fraction of sp³-hybridized carbons (Fsp3) is 0.381. The lowest BCUT2D eigenvalue weighted by Crippen LogP contribution is -2.24. The van der Waals surface area contributed by atoms with Gasteiger partial charge in [0, 0.05) is 22.1 Å². The molecule has 5 heteroatoms. The topological polar surface area (TPSA) is 38.3 Å². The fourth-order valence-corrected chi connectivity index (χ4v) is 6.24. The van der Waals surface area contributed by atoms with Crippen LogP contribution in [0.4, 0.5) is 0 Å². The van der Waals surface area contributed by atoms with Crippen molar-refractivity contribution in [3.63, 3.8) is 0 Å². The van der Waals surface area contributed by atoms with Gasteiger partial charge in [-0.05, 0) is 60.1 Å². The first kappa shape index (κ1) is 17.7. The van der Waals surface area contributed by atoms with Gasteiger partial charge < -0.3 is 10.1 Å². The Bertz CT molecular complexity index is 852. The minimum Gasteiger partial charge on any atom is -0.497 e. The largest absolute Gasteiger partial charge is 0.497 e. The molecule has 0 radical (unpaired) electrons. The van der Waals surface area contributed by atoms with Crippen molar-refractivity contribution in [3.05, 3.63) is 55.6 Å². The number of thiophene rings is 1. The highest BCUT2D eigenvalue weighted by Crippen LogP contribution is 2.43. The molecular weight excluding hydrogens is 362 g/mol. The van der Waals surface area contributed by atoms with Gasteiger partial charge in [-0.3, -0.25) is 4.79 Å². The molecule has 2 heterocycles. The van der Waals surface area contributed by atoms with Crippen LogP contribution in [-0.2, 0) is 29.9 Å². The summed E-state index contributed by atoms with van der Waals surface area (Å²) in [5.41, 5.74) is 4.12. The van der Waals surface area contributed by atoms with Crippen molar-refractivity contribution in [2.24, 2.45) is 5.92 Å². The van der Waals surface area contributed by atoms with Crippen molar-refractivity contribution in [3.8, 4) is 5.75 Å². The molecule has 2 aliphatic rings. The molecule has 26 heavy (non-hydrogen) atoms. The maximum Gasteiger partial charge on any atom is 0.258 e. The van der Waals surface area contributed by atoms with Crippen LogP contribution < -0.4 is 10.1 Å². The van der Waals surface area contributed by atoms with E-state index in [1.54, 1.807) is 29.3 Å². The minimum atomic E-state index is 0.0243. The summed E-state index contributed by atoms with van der Waals surface area (Å²) in [6.07, 6.45) is 5.79. The minimum absolute atomic E-state index is 0.0243. The Morgan fingerprint density at radius 2 is 2.08 bits per heavy atom. The second-order valence-corrected chi connectivity index (χ2v) is 9.18. The second kappa shape index (κ2) is 7.49. The Morgan fingerprint density at radius 3 is 2.85 bits per heavy atom. The van der Waals surface area contributed by atoms with E-state index < -0.39 is 0 Å². The molecular formula is C21H23NO2S2. The number of thioether (sulfide) groups is 1. The van der Waals surface area contributed by atoms with Gasteiger partial charge >= 0.3 is 0 Å². The lowest BCUT2D eigenvalue weighted by Gasteiger charge is -2.20. The predicted molar refractivity (Wildman–Crippen MR) is 110 cm³/mol. The highest BCUT2D eigenvalue weighted by Gasteiger charge is 2.26. The summed E-state index contributed by atoms with van der Waals surface area (Å²) in [6, 6.07) is 7.79. The van der Waals surface area contributed by atoms with Gasteiger partial charge in [0.05, 0.1) is 12.0 Å². The maximum atomic E-state index is 12.6. The van der Waals surface area contributed by atoms with Crippen LogP contribution in [0.5, 0.6) is 5.75 Å². The van der Waals surface area contributed by atoms with E-state index in [1.165, 1.54) is 29.7 Å². The van der Waals surface area contributed by atoms with Crippen molar-refractivity contribution >= 4 is 35.1 Å². The Hall–Kier alpha value is -1.72. The first-order valence-corrected chi connectivity index (χ1v) is 10.8. The second-order valence-electron chi connectivity index (χ2n) is 7.02. The predicted octanol–water partition coefficient (Wildman–Crippen LogP) is 4.79. The standard InChI is InChI=1S/C21H23NO2S2/c1-13-3-8-16-17-12-25-20(10-19(17)26-18(16)9-13)21(23)22-11-14-4-6-15(24-2)7-5-14/h4-7,10,13H,3,8-9,11-12H2,1-2H3,(H,22,23). The molecule has 1 aromatic carbocycles. The van der Waals surface area contributed by atoms with Gasteiger partial charge in [0.2, 0.25) is 0 Å². The van der Waals surface area contributed by atoms with Crippen LogP contribution in [0.1, 0.15) is 39.8 Å². The molecule has 0 fully saturated rings. The molecule has 1 N–H and O–H groups in total. The van der Waals surface area contributed by atoms with Crippen LogP contribution in [0.25, 0.3) is 6.08 Å². The number of carbonyl (C=O) groups excluding carboxylic acids is 1. The molecule has 136 valence electrons. The number of methoxy groups -OCH3 is 1. The van der Waals surface area contributed by atoms with Crippen LogP contribution in [-0.4, -0.2) is 13.0 Å². The Balaban J connectivity index is 1.45. The Labute approximate surface area is 162 Å². The number of amides is 1. The van der Waals surface area contributed by atoms with E-state index in [1.807, 2.05) is 35.6 Å². The van der Waals surface area contributed by atoms with Crippen LogP contribution in [0.15, 0.2) is 29.2 Å². The number of hydrogen-bond acceptors (Lipinski definition) is 4. The Kier molecular flexibility index (Phi) is 5.09. The highest BCUT2D eigenvalue weighted by molar-refractivity contribution is 8.03. The van der Waals surface area contributed by atoms with Gasteiger partial charge in [-0.25, -0.2) is 0 Å². The zero-order chi connectivity index (χ0) is 18.1. The van der Waals surface area contributed by atoms with Crippen LogP contribution in [0, 0.1) is 5.92 Å². The quantitative estimate of drug-likeness (QED) is 0.823. The molecule has 0 saturated heterocycles. The zero-order valence-electron chi connectivity index (χ0n) is 15.1. The SMILES string of the molecule is COc1ccc(CNC(=O)C2=Cc3sc4c(c3CS2)CCC(C)C4)cc1. The summed E-state index contributed by atoms with van der Waals surface area (Å²) in [4.78, 5) is 16.3. The molecule has 1 aromatic heterocycles. The summed E-state index contributed by atoms with van der Waals surface area (Å²) in [7, 11) is 1.65. The molecule has 1 atom stereocenters. The monoisotopic (exact) mass is 385 g/mol. The molecule has 1 aliphatic heterocycles. The van der Waals surface area contributed by atoms with Gasteiger partial charge in [0.15, 0.2) is 0 Å². The van der Waals surface area contributed by atoms with Gasteiger partial charge in [0.25, 0.3) is 5.91 Å². The summed E-state index contributed by atoms with van der Waals surface area (Å²) >= 11 is 3.57. The van der Waals surface area contributed by atoms with Crippen molar-refractivity contribution < 1.29 is 9.53 Å². The van der Waals surface area contributed by atoms with Gasteiger partial charge in [-0.15, -0.1) is 23.1 Å². The van der Waals surface area contributed by atoms with Gasteiger partial charge in [0.1, 0.15) is 5.75 Å². The number of nitrogens with one attached hydrogen (secondary N) is 1. The lowest BCUT2D eigenvalue weighted by molar-refractivity contribution is -0.116.